The van der Waals surface area contributed by atoms with Crippen LogP contribution in [0.5, 0.6) is 0 Å². The lowest BCUT2D eigenvalue weighted by atomic mass is 9.56. The summed E-state index contributed by atoms with van der Waals surface area (Å²) in [6, 6.07) is 0.320. The Hall–Kier alpha value is -0.550. The molecule has 1 aromatic heterocycles. The first-order chi connectivity index (χ1) is 12.2. The molecule has 156 valence electrons. The van der Waals surface area contributed by atoms with Crippen molar-refractivity contribution in [2.45, 2.75) is 58.7 Å². The fraction of sp³-hybridized carbons (Fsp3) is 0.833. The zero-order valence-electron chi connectivity index (χ0n) is 17.6. The second-order valence-corrected chi connectivity index (χ2v) is 8.70. The Bertz CT molecular complexity index is 635. The lowest BCUT2D eigenvalue weighted by Crippen LogP contribution is -2.69. The number of aliphatic imine (C=N–C) groups is 1. The maximum Gasteiger partial charge on any atom is 0.191 e. The van der Waals surface area contributed by atoms with Gasteiger partial charge in [0.25, 0.3) is 0 Å². The fourth-order valence-electron chi connectivity index (χ4n) is 3.20. The third kappa shape index (κ3) is 5.50. The van der Waals surface area contributed by atoms with Gasteiger partial charge in [-0.2, -0.15) is 11.8 Å². The van der Waals surface area contributed by atoms with Crippen molar-refractivity contribution in [3.05, 3.63) is 11.6 Å². The van der Waals surface area contributed by atoms with Gasteiger partial charge in [0.1, 0.15) is 12.4 Å². The summed E-state index contributed by atoms with van der Waals surface area (Å²) in [5.41, 5.74) is -0.0693. The smallest absolute Gasteiger partial charge is 0.191 e. The van der Waals surface area contributed by atoms with Crippen molar-refractivity contribution in [2.75, 3.05) is 25.7 Å². The summed E-state index contributed by atoms with van der Waals surface area (Å²) in [7, 11) is 3.77. The molecule has 1 heterocycles. The van der Waals surface area contributed by atoms with E-state index in [1.165, 1.54) is 0 Å². The summed E-state index contributed by atoms with van der Waals surface area (Å²) >= 11 is 1.86. The molecule has 2 atom stereocenters. The third-order valence-electron chi connectivity index (χ3n) is 5.97. The number of halogens is 1. The fourth-order valence-corrected chi connectivity index (χ4v) is 3.64. The van der Waals surface area contributed by atoms with Gasteiger partial charge in [-0.05, 0) is 38.7 Å². The van der Waals surface area contributed by atoms with Crippen LogP contribution in [-0.4, -0.2) is 58.0 Å². The number of nitrogens with one attached hydrogen (secondary N) is 2. The number of nitrogens with zero attached hydrogens (tertiary/aromatic N) is 4. The van der Waals surface area contributed by atoms with E-state index in [1.807, 2.05) is 30.3 Å². The molecule has 7 nitrogen and oxygen atoms in total. The average molecular weight is 510 g/mol. The van der Waals surface area contributed by atoms with Crippen LogP contribution in [0.25, 0.3) is 0 Å². The van der Waals surface area contributed by atoms with E-state index in [9.17, 15) is 0 Å². The standard InChI is InChI=1S/C18H34N6OS.HI/c1-13-22-23-15(24(13)5)12-20-16(19-9-8-10-26-7)21-14-11-18(4,25-6)17(14,2)3;/h14H,8-12H2,1-7H3,(H2,19,20,21);1H. The Morgan fingerprint density at radius 3 is 2.59 bits per heavy atom. The molecular formula is C18H35IN6OS. The Morgan fingerprint density at radius 2 is 2.07 bits per heavy atom. The normalized spacial score (nSPS) is 24.1. The molecule has 1 fully saturated rings. The van der Waals surface area contributed by atoms with Crippen LogP contribution in [0, 0.1) is 12.3 Å². The van der Waals surface area contributed by atoms with E-state index < -0.39 is 0 Å². The summed E-state index contributed by atoms with van der Waals surface area (Å²) in [6.45, 7) is 10.0. The first kappa shape index (κ1) is 24.5. The summed E-state index contributed by atoms with van der Waals surface area (Å²) in [5, 5.41) is 15.4. The molecule has 2 rings (SSSR count). The van der Waals surface area contributed by atoms with Crippen molar-refractivity contribution in [3.8, 4) is 0 Å². The van der Waals surface area contributed by atoms with Crippen LogP contribution in [0.1, 0.15) is 45.3 Å². The minimum absolute atomic E-state index is 0. The van der Waals surface area contributed by atoms with Crippen LogP contribution >= 0.6 is 35.7 Å². The highest BCUT2D eigenvalue weighted by Gasteiger charge is 2.58. The van der Waals surface area contributed by atoms with Crippen molar-refractivity contribution in [1.82, 2.24) is 25.4 Å². The number of aromatic nitrogens is 3. The molecule has 0 amide bonds. The first-order valence-corrected chi connectivity index (χ1v) is 10.6. The van der Waals surface area contributed by atoms with Crippen molar-refractivity contribution >= 4 is 41.7 Å². The molecule has 0 aliphatic heterocycles. The maximum absolute atomic E-state index is 5.74. The molecule has 1 saturated carbocycles. The summed E-state index contributed by atoms with van der Waals surface area (Å²) in [5.74, 6) is 3.73. The van der Waals surface area contributed by atoms with Gasteiger partial charge in [-0.1, -0.05) is 13.8 Å². The lowest BCUT2D eigenvalue weighted by molar-refractivity contribution is -0.176. The Kier molecular flexibility index (Phi) is 9.33. The highest BCUT2D eigenvalue weighted by Crippen LogP contribution is 2.51. The van der Waals surface area contributed by atoms with Crippen molar-refractivity contribution in [2.24, 2.45) is 17.5 Å². The highest BCUT2D eigenvalue weighted by atomic mass is 127. The SMILES string of the molecule is COC1(C)CC(NC(=NCc2nnc(C)n2C)NCCCSC)C1(C)C.I. The molecule has 27 heavy (non-hydrogen) atoms. The van der Waals surface area contributed by atoms with Crippen LogP contribution in [0.15, 0.2) is 4.99 Å². The predicted molar refractivity (Wildman–Crippen MR) is 124 cm³/mol. The number of hydrogen-bond donors (Lipinski definition) is 2. The van der Waals surface area contributed by atoms with Gasteiger partial charge in [-0.3, -0.25) is 0 Å². The zero-order valence-corrected chi connectivity index (χ0v) is 20.8. The molecule has 2 unspecified atom stereocenters. The quantitative estimate of drug-likeness (QED) is 0.243. The van der Waals surface area contributed by atoms with Crippen LogP contribution in [0.2, 0.25) is 0 Å². The largest absolute Gasteiger partial charge is 0.378 e. The van der Waals surface area contributed by atoms with Crippen molar-refractivity contribution in [1.29, 1.82) is 0 Å². The molecule has 0 aromatic carbocycles. The molecule has 2 N–H and O–H groups in total. The number of aryl methyl sites for hydroxylation is 1. The number of methoxy groups -OCH3 is 1. The van der Waals surface area contributed by atoms with Crippen molar-refractivity contribution in [3.63, 3.8) is 0 Å². The van der Waals surface area contributed by atoms with Gasteiger partial charge >= 0.3 is 0 Å². The molecule has 0 spiro atoms. The van der Waals surface area contributed by atoms with E-state index in [2.05, 4.69) is 47.9 Å². The molecule has 0 radical (unpaired) electrons. The molecule has 9 heteroatoms. The molecular weight excluding hydrogens is 475 g/mol. The van der Waals surface area contributed by atoms with E-state index in [0.717, 1.165) is 42.7 Å². The predicted octanol–water partition coefficient (Wildman–Crippen LogP) is 2.73. The average Bonchev–Trinajstić information content (AvgIpc) is 2.93. The van der Waals surface area contributed by atoms with E-state index in [4.69, 9.17) is 9.73 Å². The first-order valence-electron chi connectivity index (χ1n) is 9.19. The van der Waals surface area contributed by atoms with E-state index in [0.29, 0.717) is 12.6 Å². The lowest BCUT2D eigenvalue weighted by Gasteiger charge is -2.59. The number of hydrogen-bond acceptors (Lipinski definition) is 5. The van der Waals surface area contributed by atoms with Crippen LogP contribution in [0.3, 0.4) is 0 Å². The monoisotopic (exact) mass is 510 g/mol. The van der Waals surface area contributed by atoms with Gasteiger partial charge in [0.15, 0.2) is 11.8 Å². The zero-order chi connectivity index (χ0) is 19.4. The van der Waals surface area contributed by atoms with Crippen molar-refractivity contribution < 1.29 is 4.74 Å². The summed E-state index contributed by atoms with van der Waals surface area (Å²) in [4.78, 5) is 4.75. The van der Waals surface area contributed by atoms with Crippen LogP contribution in [-0.2, 0) is 18.3 Å². The van der Waals surface area contributed by atoms with E-state index in [1.54, 1.807) is 7.11 Å². The van der Waals surface area contributed by atoms with Gasteiger partial charge in [0.05, 0.1) is 5.60 Å². The minimum atomic E-state index is -0.102. The molecule has 0 saturated heterocycles. The number of guanidine groups is 1. The summed E-state index contributed by atoms with van der Waals surface area (Å²) < 4.78 is 7.71. The van der Waals surface area contributed by atoms with Gasteiger partial charge in [-0.25, -0.2) is 4.99 Å². The Labute approximate surface area is 184 Å². The van der Waals surface area contributed by atoms with E-state index in [-0.39, 0.29) is 35.0 Å². The molecule has 1 aliphatic carbocycles. The van der Waals surface area contributed by atoms with Gasteiger partial charge < -0.3 is 19.9 Å². The second-order valence-electron chi connectivity index (χ2n) is 7.72. The maximum atomic E-state index is 5.74. The third-order valence-corrected chi connectivity index (χ3v) is 6.67. The van der Waals surface area contributed by atoms with Gasteiger partial charge in [0.2, 0.25) is 0 Å². The number of rotatable bonds is 8. The molecule has 1 aromatic rings. The molecule has 0 bridgehead atoms. The molecule has 1 aliphatic rings. The minimum Gasteiger partial charge on any atom is -0.378 e. The van der Waals surface area contributed by atoms with Crippen LogP contribution < -0.4 is 10.6 Å². The number of ether oxygens (including phenoxy) is 1. The Morgan fingerprint density at radius 1 is 1.37 bits per heavy atom. The highest BCUT2D eigenvalue weighted by molar-refractivity contribution is 14.0. The van der Waals surface area contributed by atoms with Gasteiger partial charge in [0, 0.05) is 32.2 Å². The number of thioether (sulfide) groups is 1. The van der Waals surface area contributed by atoms with Crippen LogP contribution in [0.4, 0.5) is 0 Å². The topological polar surface area (TPSA) is 76.4 Å². The summed E-state index contributed by atoms with van der Waals surface area (Å²) in [6.07, 6.45) is 4.20. The van der Waals surface area contributed by atoms with E-state index >= 15 is 0 Å². The Balaban J connectivity index is 0.00000364. The van der Waals surface area contributed by atoms with Gasteiger partial charge in [-0.15, -0.1) is 34.2 Å². The second kappa shape index (κ2) is 10.3.